The second-order valence-electron chi connectivity index (χ2n) is 8.37. The SMILES string of the molecule is Cc1cc2cc(Cl)ccc2n1CC(=O)N1CCN(c2ccc(S(=O)(=O)Nc3nccs3)cc2)C(=O)C1. The van der Waals surface area contributed by atoms with Gasteiger partial charge in [-0.3, -0.25) is 14.3 Å². The molecular weight excluding hydrogens is 522 g/mol. The molecule has 2 aromatic heterocycles. The minimum absolute atomic E-state index is 0.0471. The molecule has 1 saturated heterocycles. The number of carbonyl (C=O) groups excluding carboxylic acids is 2. The fourth-order valence-corrected chi connectivity index (χ4v) is 6.21. The van der Waals surface area contributed by atoms with Crippen molar-refractivity contribution in [2.24, 2.45) is 0 Å². The lowest BCUT2D eigenvalue weighted by Gasteiger charge is -2.34. The van der Waals surface area contributed by atoms with Crippen LogP contribution in [0, 0.1) is 6.92 Å². The quantitative estimate of drug-likeness (QED) is 0.399. The van der Waals surface area contributed by atoms with Crippen molar-refractivity contribution in [1.29, 1.82) is 0 Å². The second kappa shape index (κ2) is 9.57. The number of aromatic nitrogens is 2. The number of carbonyl (C=O) groups is 2. The fraction of sp³-hybridized carbons (Fsp3) is 0.208. The Balaban J connectivity index is 1.25. The molecule has 0 unspecified atom stereocenters. The average molecular weight is 544 g/mol. The van der Waals surface area contributed by atoms with Gasteiger partial charge in [0.05, 0.1) is 4.90 Å². The summed E-state index contributed by atoms with van der Waals surface area (Å²) in [5, 5.41) is 3.55. The zero-order valence-electron chi connectivity index (χ0n) is 19.2. The van der Waals surface area contributed by atoms with E-state index < -0.39 is 10.0 Å². The van der Waals surface area contributed by atoms with E-state index in [-0.39, 0.29) is 34.9 Å². The van der Waals surface area contributed by atoms with Gasteiger partial charge in [0.1, 0.15) is 13.1 Å². The van der Waals surface area contributed by atoms with Crippen LogP contribution < -0.4 is 9.62 Å². The molecule has 5 rings (SSSR count). The molecule has 1 N–H and O–H groups in total. The van der Waals surface area contributed by atoms with E-state index in [0.717, 1.165) is 16.6 Å². The summed E-state index contributed by atoms with van der Waals surface area (Å²) in [6.45, 7) is 2.70. The number of benzene rings is 2. The normalized spacial score (nSPS) is 14.4. The molecule has 0 radical (unpaired) electrons. The molecule has 1 aliphatic heterocycles. The summed E-state index contributed by atoms with van der Waals surface area (Å²) in [7, 11) is -3.78. The number of rotatable bonds is 6. The van der Waals surface area contributed by atoms with E-state index >= 15 is 0 Å². The van der Waals surface area contributed by atoms with Crippen molar-refractivity contribution < 1.29 is 18.0 Å². The standard InChI is InChI=1S/C24H22ClN5O4S2/c1-16-12-17-13-18(25)2-7-21(17)30(16)15-22(31)28-9-10-29(23(32)14-28)19-3-5-20(6-4-19)36(33,34)27-24-26-8-11-35-24/h2-8,11-13H,9-10,14-15H2,1H3,(H,26,27). The van der Waals surface area contributed by atoms with E-state index in [4.69, 9.17) is 11.6 Å². The Morgan fingerprint density at radius 3 is 2.61 bits per heavy atom. The summed E-state index contributed by atoms with van der Waals surface area (Å²) in [6.07, 6.45) is 1.51. The number of fused-ring (bicyclic) bond motifs is 1. The van der Waals surface area contributed by atoms with Crippen LogP contribution in [0.3, 0.4) is 0 Å². The van der Waals surface area contributed by atoms with Crippen molar-refractivity contribution in [1.82, 2.24) is 14.5 Å². The van der Waals surface area contributed by atoms with Crippen molar-refractivity contribution in [3.05, 3.63) is 70.8 Å². The van der Waals surface area contributed by atoms with Gasteiger partial charge in [0.15, 0.2) is 5.13 Å². The average Bonchev–Trinajstić information content (AvgIpc) is 3.45. The van der Waals surface area contributed by atoms with Gasteiger partial charge in [0.2, 0.25) is 11.8 Å². The molecule has 4 aromatic rings. The lowest BCUT2D eigenvalue weighted by Crippen LogP contribution is -2.53. The Hall–Kier alpha value is -3.41. The van der Waals surface area contributed by atoms with Gasteiger partial charge in [-0.15, -0.1) is 11.3 Å². The van der Waals surface area contributed by atoms with Crippen LogP contribution in [0.25, 0.3) is 10.9 Å². The lowest BCUT2D eigenvalue weighted by molar-refractivity contribution is -0.137. The molecule has 0 bridgehead atoms. The minimum Gasteiger partial charge on any atom is -0.335 e. The Morgan fingerprint density at radius 1 is 1.14 bits per heavy atom. The topological polar surface area (TPSA) is 105 Å². The van der Waals surface area contributed by atoms with Crippen LogP contribution in [0.1, 0.15) is 5.69 Å². The first-order chi connectivity index (χ1) is 17.2. The van der Waals surface area contributed by atoms with Crippen LogP contribution in [0.2, 0.25) is 5.02 Å². The summed E-state index contributed by atoms with van der Waals surface area (Å²) in [5.74, 6) is -0.375. The van der Waals surface area contributed by atoms with Gasteiger partial charge in [0, 0.05) is 52.0 Å². The molecule has 186 valence electrons. The summed E-state index contributed by atoms with van der Waals surface area (Å²) in [6, 6.07) is 13.6. The molecular formula is C24H22ClN5O4S2. The van der Waals surface area contributed by atoms with Crippen LogP contribution in [-0.4, -0.2) is 54.3 Å². The maximum atomic E-state index is 13.0. The molecule has 1 fully saturated rings. The first-order valence-corrected chi connectivity index (χ1v) is 13.8. The number of nitrogens with one attached hydrogen (secondary N) is 1. The van der Waals surface area contributed by atoms with Crippen LogP contribution in [0.5, 0.6) is 0 Å². The molecule has 2 aromatic carbocycles. The number of hydrogen-bond acceptors (Lipinski definition) is 6. The summed E-state index contributed by atoms with van der Waals surface area (Å²) >= 11 is 7.27. The molecule has 0 aliphatic carbocycles. The van der Waals surface area contributed by atoms with Crippen LogP contribution in [-0.2, 0) is 26.2 Å². The molecule has 0 spiro atoms. The molecule has 0 saturated carbocycles. The summed E-state index contributed by atoms with van der Waals surface area (Å²) in [5.41, 5.74) is 2.42. The molecule has 1 aliphatic rings. The zero-order valence-corrected chi connectivity index (χ0v) is 21.6. The van der Waals surface area contributed by atoms with Crippen LogP contribution >= 0.6 is 22.9 Å². The first kappa shape index (κ1) is 24.3. The number of halogens is 1. The van der Waals surface area contributed by atoms with Gasteiger partial charge in [0.25, 0.3) is 10.0 Å². The van der Waals surface area contributed by atoms with E-state index in [1.165, 1.54) is 29.7 Å². The maximum Gasteiger partial charge on any atom is 0.263 e. The first-order valence-electron chi connectivity index (χ1n) is 11.1. The molecule has 2 amide bonds. The Labute approximate surface area is 217 Å². The van der Waals surface area contributed by atoms with Crippen molar-refractivity contribution in [3.8, 4) is 0 Å². The number of nitrogens with zero attached hydrogens (tertiary/aromatic N) is 4. The Bertz CT molecular complexity index is 1550. The van der Waals surface area contributed by atoms with E-state index in [9.17, 15) is 18.0 Å². The molecule has 0 atom stereocenters. The summed E-state index contributed by atoms with van der Waals surface area (Å²) in [4.78, 5) is 33.0. The monoisotopic (exact) mass is 543 g/mol. The highest BCUT2D eigenvalue weighted by atomic mass is 35.5. The number of piperazine rings is 1. The Morgan fingerprint density at radius 2 is 1.92 bits per heavy atom. The molecule has 9 nitrogen and oxygen atoms in total. The van der Waals surface area contributed by atoms with Gasteiger partial charge >= 0.3 is 0 Å². The van der Waals surface area contributed by atoms with Gasteiger partial charge < -0.3 is 14.4 Å². The van der Waals surface area contributed by atoms with Crippen molar-refractivity contribution in [2.75, 3.05) is 29.3 Å². The second-order valence-corrected chi connectivity index (χ2v) is 11.4. The third-order valence-electron chi connectivity index (χ3n) is 6.05. The van der Waals surface area contributed by atoms with Crippen molar-refractivity contribution in [2.45, 2.75) is 18.4 Å². The van der Waals surface area contributed by atoms with E-state index in [1.54, 1.807) is 33.4 Å². The van der Waals surface area contributed by atoms with Gasteiger partial charge in [-0.25, -0.2) is 13.4 Å². The van der Waals surface area contributed by atoms with E-state index in [0.29, 0.717) is 23.8 Å². The van der Waals surface area contributed by atoms with Crippen LogP contribution in [0.4, 0.5) is 10.8 Å². The fourth-order valence-electron chi connectivity index (χ4n) is 4.24. The zero-order chi connectivity index (χ0) is 25.4. The smallest absolute Gasteiger partial charge is 0.263 e. The minimum atomic E-state index is -3.78. The van der Waals surface area contributed by atoms with Gasteiger partial charge in [-0.2, -0.15) is 0 Å². The summed E-state index contributed by atoms with van der Waals surface area (Å²) < 4.78 is 29.4. The highest BCUT2D eigenvalue weighted by molar-refractivity contribution is 7.93. The number of sulfonamides is 1. The van der Waals surface area contributed by atoms with Gasteiger partial charge in [-0.1, -0.05) is 11.6 Å². The van der Waals surface area contributed by atoms with Crippen molar-refractivity contribution in [3.63, 3.8) is 0 Å². The maximum absolute atomic E-state index is 13.0. The Kier molecular flexibility index (Phi) is 6.45. The van der Waals surface area contributed by atoms with Crippen molar-refractivity contribution >= 4 is 66.5 Å². The third-order valence-corrected chi connectivity index (χ3v) is 8.46. The molecule has 3 heterocycles. The number of anilines is 2. The highest BCUT2D eigenvalue weighted by Gasteiger charge is 2.29. The molecule has 36 heavy (non-hydrogen) atoms. The number of hydrogen-bond donors (Lipinski definition) is 1. The number of thiazole rings is 1. The predicted molar refractivity (Wildman–Crippen MR) is 140 cm³/mol. The predicted octanol–water partition coefficient (Wildman–Crippen LogP) is 3.74. The molecule has 12 heteroatoms. The van der Waals surface area contributed by atoms with Gasteiger partial charge in [-0.05, 0) is 55.5 Å². The van der Waals surface area contributed by atoms with E-state index in [1.807, 2.05) is 29.7 Å². The number of amides is 2. The lowest BCUT2D eigenvalue weighted by atomic mass is 10.2. The number of aryl methyl sites for hydroxylation is 1. The largest absolute Gasteiger partial charge is 0.335 e. The van der Waals surface area contributed by atoms with E-state index in [2.05, 4.69) is 9.71 Å². The highest BCUT2D eigenvalue weighted by Crippen LogP contribution is 2.25. The third kappa shape index (κ3) is 4.81. The van der Waals surface area contributed by atoms with Crippen LogP contribution in [0.15, 0.2) is 65.0 Å².